The van der Waals surface area contributed by atoms with Crippen LogP contribution < -0.4 is 4.90 Å². The first-order valence-corrected chi connectivity index (χ1v) is 23.7. The highest BCUT2D eigenvalue weighted by Gasteiger charge is 2.54. The van der Waals surface area contributed by atoms with Crippen LogP contribution in [0.3, 0.4) is 0 Å². The molecule has 0 saturated heterocycles. The molecule has 0 amide bonds. The zero-order valence-electron chi connectivity index (χ0n) is 36.9. The Bertz CT molecular complexity index is 3380. The second-order valence-electron chi connectivity index (χ2n) is 19.7. The SMILES string of the molecule is CC1(C)C2=C(CCC=C2)c2ccc([C@H](C3=CCC(c4ccccc4)C=C3)c3ccc(-c4ccc5c(c4)C4(c6ccccc6-5)c5ccccc5N5c6c(cccc64)C4=CC=CC45)cc3)cc21. The topological polar surface area (TPSA) is 3.24 Å². The summed E-state index contributed by atoms with van der Waals surface area (Å²) in [5.41, 5.74) is 27.0. The van der Waals surface area contributed by atoms with E-state index in [1.165, 1.54) is 106 Å². The summed E-state index contributed by atoms with van der Waals surface area (Å²) < 4.78 is 0. The van der Waals surface area contributed by atoms with Crippen LogP contribution in [0.5, 0.6) is 0 Å². The van der Waals surface area contributed by atoms with Crippen LogP contribution in [-0.4, -0.2) is 6.04 Å². The Balaban J connectivity index is 0.895. The van der Waals surface area contributed by atoms with E-state index in [4.69, 9.17) is 0 Å². The highest BCUT2D eigenvalue weighted by Crippen LogP contribution is 2.66. The summed E-state index contributed by atoms with van der Waals surface area (Å²) in [6, 6.07) is 61.0. The molecule has 310 valence electrons. The molecule has 7 aliphatic rings. The first kappa shape index (κ1) is 37.2. The van der Waals surface area contributed by atoms with Gasteiger partial charge in [-0.15, -0.1) is 0 Å². The van der Waals surface area contributed by atoms with Crippen molar-refractivity contribution >= 4 is 22.5 Å². The fourth-order valence-corrected chi connectivity index (χ4v) is 13.3. The van der Waals surface area contributed by atoms with Crippen LogP contribution in [0.25, 0.3) is 33.4 Å². The van der Waals surface area contributed by atoms with Crippen molar-refractivity contribution in [3.63, 3.8) is 0 Å². The Hall–Kier alpha value is -7.22. The number of hydrogen-bond acceptors (Lipinski definition) is 1. The van der Waals surface area contributed by atoms with Gasteiger partial charge in [0.2, 0.25) is 0 Å². The lowest BCUT2D eigenvalue weighted by atomic mass is 9.64. The number of anilines is 2. The molecule has 7 aromatic carbocycles. The first-order chi connectivity index (χ1) is 32.0. The van der Waals surface area contributed by atoms with E-state index in [1.807, 2.05) is 0 Å². The van der Waals surface area contributed by atoms with E-state index in [0.29, 0.717) is 5.92 Å². The van der Waals surface area contributed by atoms with Crippen molar-refractivity contribution in [1.29, 1.82) is 0 Å². The third kappa shape index (κ3) is 5.04. The molecular weight excluding hydrogens is 783 g/mol. The molecule has 1 nitrogen and oxygen atoms in total. The second-order valence-corrected chi connectivity index (χ2v) is 19.7. The minimum Gasteiger partial charge on any atom is -0.329 e. The molecule has 14 rings (SSSR count). The van der Waals surface area contributed by atoms with Crippen molar-refractivity contribution < 1.29 is 0 Å². The molecule has 0 bridgehead atoms. The van der Waals surface area contributed by atoms with Crippen molar-refractivity contribution in [3.05, 3.63) is 273 Å². The molecule has 0 fully saturated rings. The van der Waals surface area contributed by atoms with Gasteiger partial charge in [-0.25, -0.2) is 0 Å². The zero-order valence-corrected chi connectivity index (χ0v) is 36.9. The van der Waals surface area contributed by atoms with E-state index in [-0.39, 0.29) is 17.4 Å². The standard InChI is InChI=1S/C64H49N/c1-63(2)53-20-8-6-16-47(53)49-37-35-46(39-57(49)63)61(43-30-26-41(27-31-43)40-14-4-3-5-15-40)44-32-28-42(29-33-44)45-34-36-50-48-17-7-9-21-54(48)64(58(50)38-45)55-22-10-11-24-60(55)65-59-25-13-18-51(59)52-19-12-23-56(64)62(52)65/h3-5,7-15,17-26,28-39,41,59,61H,6,16,27H2,1-2H3/t41?,59?,61-,64?/m1/s1. The molecule has 0 saturated carbocycles. The maximum atomic E-state index is 2.61. The Morgan fingerprint density at radius 3 is 2.18 bits per heavy atom. The number of hydrogen-bond donors (Lipinski definition) is 0. The van der Waals surface area contributed by atoms with Crippen molar-refractivity contribution in [2.24, 2.45) is 0 Å². The first-order valence-electron chi connectivity index (χ1n) is 23.7. The third-order valence-electron chi connectivity index (χ3n) is 16.3. The maximum Gasteiger partial charge on any atom is 0.0785 e. The van der Waals surface area contributed by atoms with Gasteiger partial charge in [0.1, 0.15) is 0 Å². The quantitative estimate of drug-likeness (QED) is 0.167. The molecule has 65 heavy (non-hydrogen) atoms. The highest BCUT2D eigenvalue weighted by molar-refractivity contribution is 6.03. The van der Waals surface area contributed by atoms with Crippen LogP contribution in [0.15, 0.2) is 217 Å². The molecule has 0 radical (unpaired) electrons. The van der Waals surface area contributed by atoms with Crippen LogP contribution >= 0.6 is 0 Å². The van der Waals surface area contributed by atoms with Crippen LogP contribution in [0, 0.1) is 0 Å². The minimum atomic E-state index is -0.447. The number of rotatable bonds is 5. The second kappa shape index (κ2) is 13.6. The third-order valence-corrected chi connectivity index (χ3v) is 16.3. The lowest BCUT2D eigenvalue weighted by Gasteiger charge is -2.44. The predicted octanol–water partition coefficient (Wildman–Crippen LogP) is 15.7. The van der Waals surface area contributed by atoms with E-state index < -0.39 is 5.41 Å². The molecule has 5 aliphatic carbocycles. The normalized spacial score (nSPS) is 22.2. The summed E-state index contributed by atoms with van der Waals surface area (Å²) >= 11 is 0. The number of nitrogens with zero attached hydrogens (tertiary/aromatic N) is 1. The van der Waals surface area contributed by atoms with Crippen molar-refractivity contribution in [1.82, 2.24) is 0 Å². The summed E-state index contributed by atoms with van der Waals surface area (Å²) in [5, 5.41) is 0. The smallest absolute Gasteiger partial charge is 0.0785 e. The monoisotopic (exact) mass is 831 g/mol. The van der Waals surface area contributed by atoms with Gasteiger partial charge in [0, 0.05) is 28.5 Å². The molecule has 3 unspecified atom stereocenters. The average Bonchev–Trinajstić information content (AvgIpc) is 4.10. The van der Waals surface area contributed by atoms with Gasteiger partial charge in [-0.1, -0.05) is 208 Å². The van der Waals surface area contributed by atoms with Gasteiger partial charge in [0.15, 0.2) is 0 Å². The summed E-state index contributed by atoms with van der Waals surface area (Å²) in [5.74, 6) is 0.513. The summed E-state index contributed by atoms with van der Waals surface area (Å²) in [7, 11) is 0. The number of fused-ring (bicyclic) bond motifs is 14. The van der Waals surface area contributed by atoms with Gasteiger partial charge >= 0.3 is 0 Å². The predicted molar refractivity (Wildman–Crippen MR) is 270 cm³/mol. The Morgan fingerprint density at radius 2 is 1.32 bits per heavy atom. The van der Waals surface area contributed by atoms with Crippen LogP contribution in [0.1, 0.15) is 101 Å². The molecule has 1 heteroatoms. The van der Waals surface area contributed by atoms with Gasteiger partial charge in [-0.05, 0) is 126 Å². The molecule has 1 spiro atoms. The van der Waals surface area contributed by atoms with Gasteiger partial charge < -0.3 is 4.90 Å². The van der Waals surface area contributed by atoms with Gasteiger partial charge in [0.25, 0.3) is 0 Å². The van der Waals surface area contributed by atoms with Crippen molar-refractivity contribution in [2.75, 3.05) is 4.90 Å². The van der Waals surface area contributed by atoms with E-state index in [1.54, 1.807) is 5.57 Å². The maximum absolute atomic E-state index is 2.61. The van der Waals surface area contributed by atoms with Crippen molar-refractivity contribution in [3.8, 4) is 22.3 Å². The number of benzene rings is 7. The van der Waals surface area contributed by atoms with E-state index in [9.17, 15) is 0 Å². The lowest BCUT2D eigenvalue weighted by molar-refractivity contribution is 0.649. The van der Waals surface area contributed by atoms with Crippen LogP contribution in [0.4, 0.5) is 11.4 Å². The zero-order chi connectivity index (χ0) is 43.0. The molecule has 2 aliphatic heterocycles. The van der Waals surface area contributed by atoms with E-state index >= 15 is 0 Å². The molecule has 2 heterocycles. The van der Waals surface area contributed by atoms with Crippen molar-refractivity contribution in [2.45, 2.75) is 61.8 Å². The lowest BCUT2D eigenvalue weighted by Crippen LogP contribution is -2.38. The Labute approximate surface area is 382 Å². The number of allylic oxidation sites excluding steroid dienone is 10. The molecule has 0 aromatic heterocycles. The van der Waals surface area contributed by atoms with Crippen LogP contribution in [-0.2, 0) is 10.8 Å². The van der Waals surface area contributed by atoms with Gasteiger partial charge in [-0.2, -0.15) is 0 Å². The van der Waals surface area contributed by atoms with Crippen LogP contribution in [0.2, 0.25) is 0 Å². The molecule has 7 aromatic rings. The minimum absolute atomic E-state index is 0.0179. The summed E-state index contributed by atoms with van der Waals surface area (Å²) in [6.07, 6.45) is 22.3. The Morgan fingerprint density at radius 1 is 0.585 bits per heavy atom. The fourth-order valence-electron chi connectivity index (χ4n) is 13.3. The Kier molecular flexibility index (Phi) is 7.81. The van der Waals surface area contributed by atoms with E-state index in [0.717, 1.165) is 19.3 Å². The van der Waals surface area contributed by atoms with E-state index in [2.05, 4.69) is 225 Å². The number of para-hydroxylation sites is 2. The largest absolute Gasteiger partial charge is 0.329 e. The van der Waals surface area contributed by atoms with Gasteiger partial charge in [-0.3, -0.25) is 0 Å². The molecule has 0 N–H and O–H groups in total. The average molecular weight is 832 g/mol. The highest BCUT2D eigenvalue weighted by atomic mass is 15.2. The summed E-state index contributed by atoms with van der Waals surface area (Å²) in [6.45, 7) is 4.85. The van der Waals surface area contributed by atoms with Gasteiger partial charge in [0.05, 0.1) is 17.1 Å². The molecular formula is C64H49N. The fraction of sp³-hybridized carbons (Fsp3) is 0.156. The molecule has 4 atom stereocenters. The summed E-state index contributed by atoms with van der Waals surface area (Å²) in [4.78, 5) is 2.61.